The van der Waals surface area contributed by atoms with Crippen molar-refractivity contribution < 1.29 is 9.15 Å². The number of rotatable bonds is 4. The molecule has 2 aromatic carbocycles. The summed E-state index contributed by atoms with van der Waals surface area (Å²) in [6, 6.07) is 23.1. The van der Waals surface area contributed by atoms with Crippen molar-refractivity contribution in [2.24, 2.45) is 0 Å². The molecule has 116 valence electrons. The third-order valence-electron chi connectivity index (χ3n) is 3.51. The molecule has 0 aliphatic heterocycles. The van der Waals surface area contributed by atoms with Crippen LogP contribution in [-0.4, -0.2) is 9.97 Å². The molecule has 4 aromatic rings. The van der Waals surface area contributed by atoms with Gasteiger partial charge in [-0.25, -0.2) is 9.97 Å². The van der Waals surface area contributed by atoms with Crippen LogP contribution in [0.5, 0.6) is 11.6 Å². The van der Waals surface area contributed by atoms with Crippen molar-refractivity contribution in [1.82, 2.24) is 9.97 Å². The lowest BCUT2D eigenvalue weighted by Crippen LogP contribution is -1.87. The number of benzene rings is 2. The summed E-state index contributed by atoms with van der Waals surface area (Å²) < 4.78 is 11.5. The van der Waals surface area contributed by atoms with Crippen molar-refractivity contribution in [2.75, 3.05) is 0 Å². The molecule has 0 spiro atoms. The van der Waals surface area contributed by atoms with Gasteiger partial charge in [-0.2, -0.15) is 0 Å². The third kappa shape index (κ3) is 3.03. The van der Waals surface area contributed by atoms with E-state index in [2.05, 4.69) is 9.97 Å². The molecule has 2 aromatic heterocycles. The monoisotopic (exact) mass is 314 g/mol. The number of hydrogen-bond donors (Lipinski definition) is 0. The fourth-order valence-electron chi connectivity index (χ4n) is 2.32. The molecule has 0 fully saturated rings. The maximum atomic E-state index is 5.82. The van der Waals surface area contributed by atoms with Crippen molar-refractivity contribution in [3.05, 3.63) is 85.2 Å². The first-order valence-corrected chi connectivity index (χ1v) is 7.59. The van der Waals surface area contributed by atoms with Crippen LogP contribution in [0.4, 0.5) is 0 Å². The number of para-hydroxylation sites is 1. The second-order valence-electron chi connectivity index (χ2n) is 5.20. The number of nitrogens with zero attached hydrogens (tertiary/aromatic N) is 2. The minimum Gasteiger partial charge on any atom is -0.439 e. The first kappa shape index (κ1) is 14.2. The van der Waals surface area contributed by atoms with Crippen molar-refractivity contribution >= 4 is 0 Å². The van der Waals surface area contributed by atoms with Crippen LogP contribution < -0.4 is 4.74 Å². The number of aromatic nitrogens is 2. The van der Waals surface area contributed by atoms with E-state index in [0.29, 0.717) is 11.8 Å². The molecule has 0 radical (unpaired) electrons. The van der Waals surface area contributed by atoms with Gasteiger partial charge in [0.2, 0.25) is 11.8 Å². The normalized spacial score (nSPS) is 10.5. The number of pyridine rings is 1. The highest BCUT2D eigenvalue weighted by Gasteiger charge is 2.09. The summed E-state index contributed by atoms with van der Waals surface area (Å²) in [6.45, 7) is 0. The van der Waals surface area contributed by atoms with Crippen LogP contribution in [0.1, 0.15) is 0 Å². The SMILES string of the molecule is c1ccc(Oc2ccc(-c3ncc(-c4ccccc4)o3)cn2)cc1. The smallest absolute Gasteiger partial charge is 0.228 e. The fourth-order valence-corrected chi connectivity index (χ4v) is 2.32. The molecule has 0 saturated heterocycles. The molecular formula is C20H14N2O2. The molecule has 2 heterocycles. The summed E-state index contributed by atoms with van der Waals surface area (Å²) in [5.41, 5.74) is 1.80. The molecule has 4 rings (SSSR count). The van der Waals surface area contributed by atoms with E-state index in [-0.39, 0.29) is 0 Å². The standard InChI is InChI=1S/C20H14N2O2/c1-3-7-15(8-4-1)18-14-22-20(24-18)16-11-12-19(21-13-16)23-17-9-5-2-6-10-17/h1-14H. The van der Waals surface area contributed by atoms with Gasteiger partial charge in [-0.3, -0.25) is 0 Å². The lowest BCUT2D eigenvalue weighted by Gasteiger charge is -2.04. The molecule has 0 amide bonds. The number of ether oxygens (including phenoxy) is 1. The lowest BCUT2D eigenvalue weighted by atomic mass is 10.2. The zero-order chi connectivity index (χ0) is 16.2. The maximum absolute atomic E-state index is 5.82. The summed E-state index contributed by atoms with van der Waals surface area (Å²) >= 11 is 0. The Morgan fingerprint density at radius 3 is 2.12 bits per heavy atom. The summed E-state index contributed by atoms with van der Waals surface area (Å²) in [5, 5.41) is 0. The number of hydrogen-bond acceptors (Lipinski definition) is 4. The van der Waals surface area contributed by atoms with Crippen molar-refractivity contribution in [3.63, 3.8) is 0 Å². The summed E-state index contributed by atoms with van der Waals surface area (Å²) in [7, 11) is 0. The van der Waals surface area contributed by atoms with Crippen LogP contribution in [0.2, 0.25) is 0 Å². The predicted molar refractivity (Wildman–Crippen MR) is 91.7 cm³/mol. The largest absolute Gasteiger partial charge is 0.439 e. The average molecular weight is 314 g/mol. The van der Waals surface area contributed by atoms with Gasteiger partial charge in [0.05, 0.1) is 11.8 Å². The second kappa shape index (κ2) is 6.38. The van der Waals surface area contributed by atoms with E-state index in [1.807, 2.05) is 66.7 Å². The Kier molecular flexibility index (Phi) is 3.78. The Bertz CT molecular complexity index is 917. The summed E-state index contributed by atoms with van der Waals surface area (Å²) in [4.78, 5) is 8.64. The molecule has 0 bridgehead atoms. The van der Waals surface area contributed by atoms with Gasteiger partial charge in [0.15, 0.2) is 5.76 Å². The van der Waals surface area contributed by atoms with Crippen LogP contribution >= 0.6 is 0 Å². The van der Waals surface area contributed by atoms with E-state index in [1.165, 1.54) is 0 Å². The van der Waals surface area contributed by atoms with Crippen LogP contribution in [0.15, 0.2) is 89.6 Å². The maximum Gasteiger partial charge on any atom is 0.228 e. The van der Waals surface area contributed by atoms with Gasteiger partial charge in [-0.1, -0.05) is 48.5 Å². The molecule has 0 aliphatic carbocycles. The molecule has 0 saturated carbocycles. The van der Waals surface area contributed by atoms with Gasteiger partial charge in [0.1, 0.15) is 5.75 Å². The van der Waals surface area contributed by atoms with E-state index in [1.54, 1.807) is 18.5 Å². The molecule has 0 atom stereocenters. The van der Waals surface area contributed by atoms with Crippen molar-refractivity contribution in [1.29, 1.82) is 0 Å². The quantitative estimate of drug-likeness (QED) is 0.519. The van der Waals surface area contributed by atoms with E-state index in [9.17, 15) is 0 Å². The summed E-state index contributed by atoms with van der Waals surface area (Å²) in [5.74, 6) is 2.54. The van der Waals surface area contributed by atoms with Gasteiger partial charge in [0.25, 0.3) is 0 Å². The summed E-state index contributed by atoms with van der Waals surface area (Å²) in [6.07, 6.45) is 3.41. The molecule has 4 nitrogen and oxygen atoms in total. The van der Waals surface area contributed by atoms with Crippen LogP contribution in [-0.2, 0) is 0 Å². The van der Waals surface area contributed by atoms with Crippen LogP contribution in [0.3, 0.4) is 0 Å². The predicted octanol–water partition coefficient (Wildman–Crippen LogP) is 5.20. The first-order chi connectivity index (χ1) is 11.9. The van der Waals surface area contributed by atoms with Gasteiger partial charge in [-0.05, 0) is 18.2 Å². The van der Waals surface area contributed by atoms with Crippen LogP contribution in [0.25, 0.3) is 22.8 Å². The highest BCUT2D eigenvalue weighted by Crippen LogP contribution is 2.27. The molecule has 0 aliphatic rings. The topological polar surface area (TPSA) is 48.2 Å². The molecule has 0 N–H and O–H groups in total. The highest BCUT2D eigenvalue weighted by molar-refractivity contribution is 5.60. The van der Waals surface area contributed by atoms with Crippen LogP contribution in [0, 0.1) is 0 Å². The third-order valence-corrected chi connectivity index (χ3v) is 3.51. The minimum atomic E-state index is 0.528. The Balaban J connectivity index is 1.54. The molecule has 4 heteroatoms. The Hall–Kier alpha value is -3.40. The second-order valence-corrected chi connectivity index (χ2v) is 5.20. The number of oxazole rings is 1. The average Bonchev–Trinajstić information content (AvgIpc) is 3.14. The first-order valence-electron chi connectivity index (χ1n) is 7.59. The Morgan fingerprint density at radius 2 is 1.42 bits per heavy atom. The van der Waals surface area contributed by atoms with E-state index < -0.39 is 0 Å². The zero-order valence-electron chi connectivity index (χ0n) is 12.8. The fraction of sp³-hybridized carbons (Fsp3) is 0. The van der Waals surface area contributed by atoms with Gasteiger partial charge in [-0.15, -0.1) is 0 Å². The van der Waals surface area contributed by atoms with Gasteiger partial charge < -0.3 is 9.15 Å². The van der Waals surface area contributed by atoms with Gasteiger partial charge in [0, 0.05) is 17.8 Å². The lowest BCUT2D eigenvalue weighted by molar-refractivity contribution is 0.463. The minimum absolute atomic E-state index is 0.528. The van der Waals surface area contributed by atoms with Crippen molar-refractivity contribution in [3.8, 4) is 34.4 Å². The van der Waals surface area contributed by atoms with E-state index in [4.69, 9.17) is 9.15 Å². The molecular weight excluding hydrogens is 300 g/mol. The van der Waals surface area contributed by atoms with Crippen molar-refractivity contribution in [2.45, 2.75) is 0 Å². The Morgan fingerprint density at radius 1 is 0.667 bits per heavy atom. The van der Waals surface area contributed by atoms with E-state index >= 15 is 0 Å². The van der Waals surface area contributed by atoms with E-state index in [0.717, 1.165) is 22.6 Å². The van der Waals surface area contributed by atoms with Gasteiger partial charge >= 0.3 is 0 Å². The zero-order valence-corrected chi connectivity index (χ0v) is 12.8. The molecule has 24 heavy (non-hydrogen) atoms. The Labute approximate surface area is 139 Å². The highest BCUT2D eigenvalue weighted by atomic mass is 16.5. The molecule has 0 unspecified atom stereocenters.